The van der Waals surface area contributed by atoms with Crippen LogP contribution in [0, 0.1) is 0 Å². The van der Waals surface area contributed by atoms with E-state index < -0.39 is 21.2 Å². The van der Waals surface area contributed by atoms with Crippen molar-refractivity contribution in [2.45, 2.75) is 43.9 Å². The molecule has 2 heterocycles. The zero-order valence-electron chi connectivity index (χ0n) is 11.3. The first-order valence-corrected chi connectivity index (χ1v) is 8.39. The minimum Gasteiger partial charge on any atom is -0.480 e. The van der Waals surface area contributed by atoms with E-state index in [0.717, 1.165) is 25.9 Å². The Kier molecular flexibility index (Phi) is 4.47. The average molecular weight is 290 g/mol. The molecule has 7 heteroatoms. The minimum atomic E-state index is -3.72. The average Bonchev–Trinajstić information content (AvgIpc) is 2.91. The smallest absolute Gasteiger partial charge is 0.323 e. The Morgan fingerprint density at radius 3 is 2.42 bits per heavy atom. The number of sulfonamides is 1. The summed E-state index contributed by atoms with van der Waals surface area (Å²) >= 11 is 0. The first-order chi connectivity index (χ1) is 8.93. The predicted octanol–water partition coefficient (Wildman–Crippen LogP) is 0.350. The van der Waals surface area contributed by atoms with Gasteiger partial charge in [-0.25, -0.2) is 8.42 Å². The van der Waals surface area contributed by atoms with E-state index in [-0.39, 0.29) is 6.04 Å². The van der Waals surface area contributed by atoms with Gasteiger partial charge in [-0.3, -0.25) is 9.69 Å². The highest BCUT2D eigenvalue weighted by Crippen LogP contribution is 2.23. The highest BCUT2D eigenvalue weighted by molar-refractivity contribution is 7.90. The summed E-state index contributed by atoms with van der Waals surface area (Å²) in [5, 5.41) is 7.55. The molecular formula is C12H22N2O4S. The molecule has 1 N–H and O–H groups in total. The van der Waals surface area contributed by atoms with Crippen molar-refractivity contribution in [3.05, 3.63) is 0 Å². The second-order valence-corrected chi connectivity index (χ2v) is 7.68. The topological polar surface area (TPSA) is 77.9 Å². The van der Waals surface area contributed by atoms with Crippen molar-refractivity contribution >= 4 is 16.0 Å². The van der Waals surface area contributed by atoms with Crippen LogP contribution in [-0.2, 0) is 14.8 Å². The SMILES string of the molecule is CC(C(=O)O)S(=O)(=O)N1CCCC(N2CCCC2)C1. The van der Waals surface area contributed by atoms with E-state index in [1.54, 1.807) is 0 Å². The van der Waals surface area contributed by atoms with Crippen LogP contribution in [0.3, 0.4) is 0 Å². The summed E-state index contributed by atoms with van der Waals surface area (Å²) in [5.74, 6) is -1.27. The second-order valence-electron chi connectivity index (χ2n) is 5.42. The van der Waals surface area contributed by atoms with E-state index in [2.05, 4.69) is 4.90 Å². The monoisotopic (exact) mass is 290 g/mol. The molecule has 110 valence electrons. The number of hydrogen-bond donors (Lipinski definition) is 1. The third-order valence-electron chi connectivity index (χ3n) is 4.17. The maximum atomic E-state index is 12.2. The third kappa shape index (κ3) is 3.09. The van der Waals surface area contributed by atoms with Crippen LogP contribution >= 0.6 is 0 Å². The van der Waals surface area contributed by atoms with Gasteiger partial charge in [-0.05, 0) is 45.7 Å². The van der Waals surface area contributed by atoms with Crippen molar-refractivity contribution in [2.75, 3.05) is 26.2 Å². The first-order valence-electron chi connectivity index (χ1n) is 6.88. The Morgan fingerprint density at radius 2 is 1.84 bits per heavy atom. The lowest BCUT2D eigenvalue weighted by Crippen LogP contribution is -2.51. The lowest BCUT2D eigenvalue weighted by atomic mass is 10.1. The standard InChI is InChI=1S/C12H22N2O4S/c1-10(12(15)16)19(17,18)14-8-4-5-11(9-14)13-6-2-3-7-13/h10-11H,2-9H2,1H3,(H,15,16). The number of hydrogen-bond acceptors (Lipinski definition) is 4. The maximum absolute atomic E-state index is 12.2. The predicted molar refractivity (Wildman–Crippen MR) is 71.4 cm³/mol. The summed E-state index contributed by atoms with van der Waals surface area (Å²) in [6, 6.07) is 0.256. The number of rotatable bonds is 4. The normalized spacial score (nSPS) is 28.4. The Balaban J connectivity index is 2.06. The molecule has 19 heavy (non-hydrogen) atoms. The van der Waals surface area contributed by atoms with Gasteiger partial charge in [0.25, 0.3) is 0 Å². The first kappa shape index (κ1) is 14.7. The zero-order valence-corrected chi connectivity index (χ0v) is 12.1. The lowest BCUT2D eigenvalue weighted by molar-refractivity contribution is -0.136. The van der Waals surface area contributed by atoms with Crippen LogP contribution in [0.1, 0.15) is 32.6 Å². The molecule has 0 amide bonds. The van der Waals surface area contributed by atoms with Crippen molar-refractivity contribution in [3.63, 3.8) is 0 Å². The van der Waals surface area contributed by atoms with Gasteiger partial charge in [-0.2, -0.15) is 4.31 Å². The van der Waals surface area contributed by atoms with Crippen molar-refractivity contribution in [1.82, 2.24) is 9.21 Å². The fraction of sp³-hybridized carbons (Fsp3) is 0.917. The molecule has 0 aromatic carbocycles. The van der Waals surface area contributed by atoms with E-state index in [0.29, 0.717) is 13.1 Å². The number of aliphatic carboxylic acids is 1. The minimum absolute atomic E-state index is 0.256. The van der Waals surface area contributed by atoms with Crippen molar-refractivity contribution < 1.29 is 18.3 Å². The molecule has 6 nitrogen and oxygen atoms in total. The Labute approximate surface area is 114 Å². The molecule has 2 saturated heterocycles. The molecule has 0 radical (unpaired) electrons. The summed E-state index contributed by atoms with van der Waals surface area (Å²) in [5.41, 5.74) is 0. The molecule has 0 aromatic rings. The molecule has 0 aliphatic carbocycles. The quantitative estimate of drug-likeness (QED) is 0.808. The van der Waals surface area contributed by atoms with Gasteiger partial charge < -0.3 is 5.11 Å². The summed E-state index contributed by atoms with van der Waals surface area (Å²) in [6.45, 7) is 4.21. The number of carboxylic acid groups (broad SMARTS) is 1. The van der Waals surface area contributed by atoms with Gasteiger partial charge >= 0.3 is 5.97 Å². The van der Waals surface area contributed by atoms with Gasteiger partial charge in [-0.1, -0.05) is 0 Å². The molecule has 2 unspecified atom stereocenters. The van der Waals surface area contributed by atoms with Crippen LogP contribution in [0.4, 0.5) is 0 Å². The van der Waals surface area contributed by atoms with Gasteiger partial charge in [-0.15, -0.1) is 0 Å². The van der Waals surface area contributed by atoms with Crippen molar-refractivity contribution in [3.8, 4) is 0 Å². The molecule has 0 aromatic heterocycles. The summed E-state index contributed by atoms with van der Waals surface area (Å²) in [7, 11) is -3.72. The van der Waals surface area contributed by atoms with Crippen molar-refractivity contribution in [1.29, 1.82) is 0 Å². The Hall–Kier alpha value is -0.660. The van der Waals surface area contributed by atoms with Crippen LogP contribution < -0.4 is 0 Å². The number of carboxylic acids is 1. The Bertz CT molecular complexity index is 431. The molecule has 2 rings (SSSR count). The van der Waals surface area contributed by atoms with E-state index in [4.69, 9.17) is 5.11 Å². The van der Waals surface area contributed by atoms with Crippen LogP contribution in [-0.4, -0.2) is 66.2 Å². The number of nitrogens with zero attached hydrogens (tertiary/aromatic N) is 2. The van der Waals surface area contributed by atoms with Crippen molar-refractivity contribution in [2.24, 2.45) is 0 Å². The van der Waals surface area contributed by atoms with Gasteiger partial charge in [0.15, 0.2) is 5.25 Å². The van der Waals surface area contributed by atoms with E-state index in [1.807, 2.05) is 0 Å². The summed E-state index contributed by atoms with van der Waals surface area (Å²) in [4.78, 5) is 13.3. The van der Waals surface area contributed by atoms with E-state index >= 15 is 0 Å². The molecule has 2 aliphatic rings. The summed E-state index contributed by atoms with van der Waals surface area (Å²) in [6.07, 6.45) is 4.17. The molecule has 2 atom stereocenters. The van der Waals surface area contributed by atoms with Crippen LogP contribution in [0.15, 0.2) is 0 Å². The van der Waals surface area contributed by atoms with Gasteiger partial charge in [0, 0.05) is 19.1 Å². The highest BCUT2D eigenvalue weighted by Gasteiger charge is 2.38. The number of carbonyl (C=O) groups is 1. The van der Waals surface area contributed by atoms with Gasteiger partial charge in [0.1, 0.15) is 0 Å². The molecule has 0 saturated carbocycles. The van der Waals surface area contributed by atoms with Crippen LogP contribution in [0.5, 0.6) is 0 Å². The third-order valence-corrected chi connectivity index (χ3v) is 6.32. The fourth-order valence-electron chi connectivity index (χ4n) is 2.91. The summed E-state index contributed by atoms with van der Waals surface area (Å²) < 4.78 is 25.8. The van der Waals surface area contributed by atoms with Crippen LogP contribution in [0.2, 0.25) is 0 Å². The van der Waals surface area contributed by atoms with E-state index in [9.17, 15) is 13.2 Å². The number of piperidine rings is 1. The maximum Gasteiger partial charge on any atom is 0.323 e. The molecule has 0 spiro atoms. The molecule has 2 fully saturated rings. The second kappa shape index (κ2) is 5.76. The molecular weight excluding hydrogens is 268 g/mol. The van der Waals surface area contributed by atoms with Crippen LogP contribution in [0.25, 0.3) is 0 Å². The largest absolute Gasteiger partial charge is 0.480 e. The Morgan fingerprint density at radius 1 is 1.21 bits per heavy atom. The zero-order chi connectivity index (χ0) is 14.0. The van der Waals surface area contributed by atoms with Gasteiger partial charge in [0.2, 0.25) is 10.0 Å². The number of likely N-dealkylation sites (tertiary alicyclic amines) is 1. The molecule has 2 aliphatic heterocycles. The van der Waals surface area contributed by atoms with E-state index in [1.165, 1.54) is 24.1 Å². The lowest BCUT2D eigenvalue weighted by Gasteiger charge is -2.37. The van der Waals surface area contributed by atoms with Gasteiger partial charge in [0.05, 0.1) is 0 Å². The highest BCUT2D eigenvalue weighted by atomic mass is 32.2. The molecule has 0 bridgehead atoms. The fourth-order valence-corrected chi connectivity index (χ4v) is 4.37.